The molecular formula is C12H14N2O4. The van der Waals surface area contributed by atoms with Gasteiger partial charge in [-0.3, -0.25) is 9.59 Å². The first kappa shape index (κ1) is 12.2. The molecule has 1 atom stereocenters. The fraction of sp³-hybridized carbons (Fsp3) is 0.333. The third-order valence-electron chi connectivity index (χ3n) is 2.73. The van der Waals surface area contributed by atoms with Gasteiger partial charge in [0.2, 0.25) is 5.91 Å². The maximum absolute atomic E-state index is 11.8. The zero-order valence-electron chi connectivity index (χ0n) is 10.1. The molecule has 1 aromatic rings. The number of benzene rings is 1. The summed E-state index contributed by atoms with van der Waals surface area (Å²) in [6.07, 6.45) is -0.0149. The van der Waals surface area contributed by atoms with Gasteiger partial charge in [-0.05, 0) is 12.1 Å². The van der Waals surface area contributed by atoms with Crippen LogP contribution in [0.15, 0.2) is 18.2 Å². The minimum Gasteiger partial charge on any atom is -0.497 e. The molecule has 1 aliphatic heterocycles. The molecule has 96 valence electrons. The number of rotatable bonds is 3. The van der Waals surface area contributed by atoms with E-state index in [4.69, 9.17) is 4.74 Å². The third kappa shape index (κ3) is 2.37. The zero-order chi connectivity index (χ0) is 13.1. The van der Waals surface area contributed by atoms with E-state index in [2.05, 4.69) is 15.4 Å². The third-order valence-corrected chi connectivity index (χ3v) is 2.73. The van der Waals surface area contributed by atoms with Gasteiger partial charge in [0.15, 0.2) is 0 Å². The summed E-state index contributed by atoms with van der Waals surface area (Å²) < 4.78 is 9.65. The molecule has 1 aromatic carbocycles. The first-order valence-electron chi connectivity index (χ1n) is 5.46. The average molecular weight is 250 g/mol. The highest BCUT2D eigenvalue weighted by molar-refractivity contribution is 6.04. The molecule has 1 amide bonds. The zero-order valence-corrected chi connectivity index (χ0v) is 10.1. The van der Waals surface area contributed by atoms with Gasteiger partial charge in [0.1, 0.15) is 11.8 Å². The molecular weight excluding hydrogens is 236 g/mol. The molecule has 2 rings (SSSR count). The Hall–Kier alpha value is -2.24. The number of anilines is 2. The van der Waals surface area contributed by atoms with E-state index in [1.54, 1.807) is 25.3 Å². The van der Waals surface area contributed by atoms with Crippen molar-refractivity contribution in [2.45, 2.75) is 12.5 Å². The standard InChI is InChI=1S/C12H14N2O4/c1-17-7-3-4-8-9(5-7)13-10(12(16)14-8)6-11(15)18-2/h3-5,10,13H,6H2,1-2H3,(H,14,16). The van der Waals surface area contributed by atoms with Crippen molar-refractivity contribution in [1.82, 2.24) is 0 Å². The van der Waals surface area contributed by atoms with Crippen LogP contribution in [0.4, 0.5) is 11.4 Å². The molecule has 1 heterocycles. The highest BCUT2D eigenvalue weighted by Crippen LogP contribution is 2.31. The van der Waals surface area contributed by atoms with Crippen LogP contribution in [0.3, 0.4) is 0 Å². The Kier molecular flexibility index (Phi) is 3.36. The first-order valence-corrected chi connectivity index (χ1v) is 5.46. The molecule has 1 unspecified atom stereocenters. The first-order chi connectivity index (χ1) is 8.63. The molecule has 0 saturated heterocycles. The van der Waals surface area contributed by atoms with Crippen LogP contribution < -0.4 is 15.4 Å². The summed E-state index contributed by atoms with van der Waals surface area (Å²) in [6.45, 7) is 0. The lowest BCUT2D eigenvalue weighted by Gasteiger charge is -2.26. The smallest absolute Gasteiger partial charge is 0.308 e. The van der Waals surface area contributed by atoms with Crippen molar-refractivity contribution in [1.29, 1.82) is 0 Å². The SMILES string of the molecule is COC(=O)CC1Nc2cc(OC)ccc2NC1=O. The van der Waals surface area contributed by atoms with Crippen molar-refractivity contribution in [2.24, 2.45) is 0 Å². The maximum Gasteiger partial charge on any atom is 0.308 e. The molecule has 6 nitrogen and oxygen atoms in total. The Bertz CT molecular complexity index is 487. The second kappa shape index (κ2) is 4.95. The molecule has 0 spiro atoms. The van der Waals surface area contributed by atoms with Crippen LogP contribution in [0, 0.1) is 0 Å². The number of hydrogen-bond acceptors (Lipinski definition) is 5. The monoisotopic (exact) mass is 250 g/mol. The van der Waals surface area contributed by atoms with Gasteiger partial charge >= 0.3 is 5.97 Å². The Morgan fingerprint density at radius 1 is 1.33 bits per heavy atom. The minimum absolute atomic E-state index is 0.0149. The van der Waals surface area contributed by atoms with E-state index in [0.29, 0.717) is 11.4 Å². The summed E-state index contributed by atoms with van der Waals surface area (Å²) in [5.41, 5.74) is 1.39. The number of methoxy groups -OCH3 is 2. The number of ether oxygens (including phenoxy) is 2. The van der Waals surface area contributed by atoms with Gasteiger partial charge in [-0.2, -0.15) is 0 Å². The van der Waals surface area contributed by atoms with E-state index in [1.165, 1.54) is 7.11 Å². The molecule has 1 aliphatic rings. The van der Waals surface area contributed by atoms with Crippen molar-refractivity contribution in [2.75, 3.05) is 24.9 Å². The number of carbonyl (C=O) groups excluding carboxylic acids is 2. The lowest BCUT2D eigenvalue weighted by atomic mass is 10.1. The fourth-order valence-electron chi connectivity index (χ4n) is 1.75. The second-order valence-electron chi connectivity index (χ2n) is 3.88. The lowest BCUT2D eigenvalue weighted by molar-refractivity contribution is -0.142. The van der Waals surface area contributed by atoms with E-state index in [-0.39, 0.29) is 12.3 Å². The highest BCUT2D eigenvalue weighted by atomic mass is 16.5. The van der Waals surface area contributed by atoms with E-state index >= 15 is 0 Å². The second-order valence-corrected chi connectivity index (χ2v) is 3.88. The Balaban J connectivity index is 2.19. The van der Waals surface area contributed by atoms with Crippen molar-refractivity contribution in [3.63, 3.8) is 0 Å². The number of esters is 1. The summed E-state index contributed by atoms with van der Waals surface area (Å²) in [5.74, 6) is -0.0127. The molecule has 0 aromatic heterocycles. The Morgan fingerprint density at radius 2 is 2.11 bits per heavy atom. The minimum atomic E-state index is -0.628. The topological polar surface area (TPSA) is 76.7 Å². The van der Waals surface area contributed by atoms with Crippen molar-refractivity contribution in [3.05, 3.63) is 18.2 Å². The lowest BCUT2D eigenvalue weighted by Crippen LogP contribution is -2.40. The largest absolute Gasteiger partial charge is 0.497 e. The summed E-state index contributed by atoms with van der Waals surface area (Å²) in [6, 6.07) is 4.63. The van der Waals surface area contributed by atoms with E-state index in [9.17, 15) is 9.59 Å². The number of fused-ring (bicyclic) bond motifs is 1. The van der Waals surface area contributed by atoms with E-state index < -0.39 is 12.0 Å². The van der Waals surface area contributed by atoms with Crippen LogP contribution in [-0.4, -0.2) is 32.1 Å². The predicted octanol–water partition coefficient (Wildman–Crippen LogP) is 0.991. The van der Waals surface area contributed by atoms with E-state index in [1.807, 2.05) is 0 Å². The average Bonchev–Trinajstić information content (AvgIpc) is 2.39. The summed E-state index contributed by atoms with van der Waals surface area (Å²) in [4.78, 5) is 22.9. The number of nitrogens with one attached hydrogen (secondary N) is 2. The van der Waals surface area contributed by atoms with Gasteiger partial charge in [0.25, 0.3) is 0 Å². The Morgan fingerprint density at radius 3 is 2.78 bits per heavy atom. The fourth-order valence-corrected chi connectivity index (χ4v) is 1.75. The summed E-state index contributed by atoms with van der Waals surface area (Å²) in [7, 11) is 2.86. The van der Waals surface area contributed by atoms with Gasteiger partial charge in [0, 0.05) is 6.07 Å². The molecule has 0 bridgehead atoms. The van der Waals surface area contributed by atoms with Crippen LogP contribution in [0.25, 0.3) is 0 Å². The normalized spacial score (nSPS) is 17.2. The predicted molar refractivity (Wildman–Crippen MR) is 65.7 cm³/mol. The van der Waals surface area contributed by atoms with E-state index in [0.717, 1.165) is 5.69 Å². The van der Waals surface area contributed by atoms with Crippen molar-refractivity contribution >= 4 is 23.3 Å². The molecule has 0 fully saturated rings. The summed E-state index contributed by atoms with van der Waals surface area (Å²) in [5, 5.41) is 5.72. The van der Waals surface area contributed by atoms with Crippen LogP contribution in [0.2, 0.25) is 0 Å². The van der Waals surface area contributed by atoms with Gasteiger partial charge < -0.3 is 20.1 Å². The van der Waals surface area contributed by atoms with Gasteiger partial charge in [-0.1, -0.05) is 0 Å². The maximum atomic E-state index is 11.8. The number of carbonyl (C=O) groups is 2. The molecule has 6 heteroatoms. The molecule has 0 saturated carbocycles. The quantitative estimate of drug-likeness (QED) is 0.782. The Labute approximate surface area is 104 Å². The van der Waals surface area contributed by atoms with Crippen LogP contribution >= 0.6 is 0 Å². The van der Waals surface area contributed by atoms with Gasteiger partial charge in [0.05, 0.1) is 32.0 Å². The number of amides is 1. The molecule has 2 N–H and O–H groups in total. The molecule has 18 heavy (non-hydrogen) atoms. The highest BCUT2D eigenvalue weighted by Gasteiger charge is 2.28. The van der Waals surface area contributed by atoms with Crippen LogP contribution in [0.5, 0.6) is 5.75 Å². The van der Waals surface area contributed by atoms with Crippen molar-refractivity contribution < 1.29 is 19.1 Å². The van der Waals surface area contributed by atoms with Crippen LogP contribution in [0.1, 0.15) is 6.42 Å². The van der Waals surface area contributed by atoms with Gasteiger partial charge in [-0.15, -0.1) is 0 Å². The number of hydrogen-bond donors (Lipinski definition) is 2. The molecule has 0 radical (unpaired) electrons. The van der Waals surface area contributed by atoms with Crippen molar-refractivity contribution in [3.8, 4) is 5.75 Å². The summed E-state index contributed by atoms with van der Waals surface area (Å²) >= 11 is 0. The molecule has 0 aliphatic carbocycles. The van der Waals surface area contributed by atoms with Crippen LogP contribution in [-0.2, 0) is 14.3 Å². The van der Waals surface area contributed by atoms with Gasteiger partial charge in [-0.25, -0.2) is 0 Å².